The highest BCUT2D eigenvalue weighted by Crippen LogP contribution is 2.29. The molecule has 2 rings (SSSR count). The molecule has 1 amide bonds. The number of nitrogens with two attached hydrogens (primary N) is 1. The maximum Gasteiger partial charge on any atom is 0.223 e. The van der Waals surface area contributed by atoms with Crippen molar-refractivity contribution in [3.8, 4) is 0 Å². The highest BCUT2D eigenvalue weighted by molar-refractivity contribution is 5.98. The second-order valence-electron chi connectivity index (χ2n) is 6.13. The summed E-state index contributed by atoms with van der Waals surface area (Å²) < 4.78 is 26.3. The predicted octanol–water partition coefficient (Wildman–Crippen LogP) is 2.55. The zero-order valence-electron chi connectivity index (χ0n) is 13.0. The van der Waals surface area contributed by atoms with Crippen molar-refractivity contribution in [3.05, 3.63) is 35.4 Å². The minimum atomic E-state index is -0.894. The Balaban J connectivity index is 0.00000264. The molecule has 0 spiro atoms. The molecule has 0 aromatic heterocycles. The van der Waals surface area contributed by atoms with Gasteiger partial charge in [-0.25, -0.2) is 8.78 Å². The fourth-order valence-electron chi connectivity index (χ4n) is 2.63. The van der Waals surface area contributed by atoms with Crippen LogP contribution in [0.3, 0.4) is 0 Å². The van der Waals surface area contributed by atoms with E-state index in [1.165, 1.54) is 0 Å². The Kier molecular flexibility index (Phi) is 6.65. The molecule has 1 aromatic rings. The predicted molar refractivity (Wildman–Crippen MR) is 85.5 cm³/mol. The number of amides is 1. The molecular formula is C16H21ClF2N2O2. The van der Waals surface area contributed by atoms with Gasteiger partial charge in [-0.3, -0.25) is 9.59 Å². The number of carbonyl (C=O) groups is 2. The Morgan fingerprint density at radius 1 is 1.30 bits per heavy atom. The fraction of sp³-hybridized carbons (Fsp3) is 0.500. The van der Waals surface area contributed by atoms with Crippen LogP contribution in [-0.2, 0) is 4.79 Å². The molecule has 2 N–H and O–H groups in total. The van der Waals surface area contributed by atoms with E-state index in [-0.39, 0.29) is 42.1 Å². The summed E-state index contributed by atoms with van der Waals surface area (Å²) in [5.41, 5.74) is 5.45. The average Bonchev–Trinajstić information content (AvgIpc) is 2.88. The van der Waals surface area contributed by atoms with Crippen molar-refractivity contribution in [2.24, 2.45) is 11.1 Å². The molecule has 0 bridgehead atoms. The van der Waals surface area contributed by atoms with Crippen molar-refractivity contribution < 1.29 is 18.4 Å². The number of rotatable bonds is 5. The van der Waals surface area contributed by atoms with Gasteiger partial charge in [-0.15, -0.1) is 12.4 Å². The van der Waals surface area contributed by atoms with E-state index < -0.39 is 17.4 Å². The van der Waals surface area contributed by atoms with Gasteiger partial charge in [0.1, 0.15) is 11.6 Å². The van der Waals surface area contributed by atoms with Gasteiger partial charge in [0.25, 0.3) is 0 Å². The molecule has 23 heavy (non-hydrogen) atoms. The Morgan fingerprint density at radius 2 is 2.00 bits per heavy atom. The van der Waals surface area contributed by atoms with Gasteiger partial charge in [0.05, 0.1) is 5.56 Å². The van der Waals surface area contributed by atoms with Gasteiger partial charge in [-0.2, -0.15) is 0 Å². The first-order valence-electron chi connectivity index (χ1n) is 7.31. The Labute approximate surface area is 140 Å². The van der Waals surface area contributed by atoms with Crippen LogP contribution >= 0.6 is 12.4 Å². The zero-order chi connectivity index (χ0) is 16.3. The molecule has 0 radical (unpaired) electrons. The van der Waals surface area contributed by atoms with Gasteiger partial charge in [-0.1, -0.05) is 6.92 Å². The second kappa shape index (κ2) is 7.84. The van der Waals surface area contributed by atoms with E-state index >= 15 is 0 Å². The molecule has 1 heterocycles. The summed E-state index contributed by atoms with van der Waals surface area (Å²) in [6, 6.07) is 2.81. The lowest BCUT2D eigenvalue weighted by Crippen LogP contribution is -2.34. The van der Waals surface area contributed by atoms with Crippen molar-refractivity contribution >= 4 is 24.1 Å². The molecule has 1 aromatic carbocycles. The number of likely N-dealkylation sites (tertiary alicyclic amines) is 1. The first kappa shape index (κ1) is 19.5. The number of hydrogen-bond acceptors (Lipinski definition) is 3. The van der Waals surface area contributed by atoms with E-state index in [1.54, 1.807) is 4.90 Å². The Morgan fingerprint density at radius 3 is 2.57 bits per heavy atom. The molecule has 0 aliphatic carbocycles. The maximum atomic E-state index is 13.5. The third-order valence-electron chi connectivity index (χ3n) is 4.20. The van der Waals surface area contributed by atoms with Gasteiger partial charge in [0.2, 0.25) is 5.91 Å². The smallest absolute Gasteiger partial charge is 0.223 e. The van der Waals surface area contributed by atoms with E-state index in [4.69, 9.17) is 5.73 Å². The first-order valence-corrected chi connectivity index (χ1v) is 7.31. The van der Waals surface area contributed by atoms with Crippen LogP contribution in [0.1, 0.15) is 36.5 Å². The van der Waals surface area contributed by atoms with Crippen LogP contribution in [0.25, 0.3) is 0 Å². The van der Waals surface area contributed by atoms with Crippen LogP contribution in [0.4, 0.5) is 8.78 Å². The normalized spacial score (nSPS) is 20.3. The Bertz CT molecular complexity index is 597. The van der Waals surface area contributed by atoms with Gasteiger partial charge < -0.3 is 10.6 Å². The molecular weight excluding hydrogens is 326 g/mol. The zero-order valence-corrected chi connectivity index (χ0v) is 13.8. The maximum absolute atomic E-state index is 13.5. The van der Waals surface area contributed by atoms with E-state index in [0.717, 1.165) is 18.6 Å². The molecule has 1 unspecified atom stereocenters. The monoisotopic (exact) mass is 346 g/mol. The van der Waals surface area contributed by atoms with Crippen molar-refractivity contribution in [2.75, 3.05) is 19.6 Å². The van der Waals surface area contributed by atoms with Gasteiger partial charge in [0, 0.05) is 32.0 Å². The number of hydrogen-bond donors (Lipinski definition) is 1. The van der Waals surface area contributed by atoms with Crippen molar-refractivity contribution in [3.63, 3.8) is 0 Å². The summed E-state index contributed by atoms with van der Waals surface area (Å²) in [5, 5.41) is 0. The summed E-state index contributed by atoms with van der Waals surface area (Å²) in [6.45, 7) is 3.75. The number of nitrogens with zero attached hydrogens (tertiary/aromatic N) is 1. The first-order chi connectivity index (χ1) is 10.3. The van der Waals surface area contributed by atoms with E-state index in [1.807, 2.05) is 6.92 Å². The van der Waals surface area contributed by atoms with E-state index in [2.05, 4.69) is 0 Å². The SMILES string of the molecule is CC1(CN)CCN(C(=O)CCC(=O)c2ccc(F)cc2F)C1.Cl. The third kappa shape index (κ3) is 4.72. The number of ketones is 1. The summed E-state index contributed by atoms with van der Waals surface area (Å²) in [7, 11) is 0. The van der Waals surface area contributed by atoms with E-state index in [0.29, 0.717) is 25.7 Å². The van der Waals surface area contributed by atoms with Gasteiger partial charge >= 0.3 is 0 Å². The second-order valence-corrected chi connectivity index (χ2v) is 6.13. The Hall–Kier alpha value is -1.53. The summed E-state index contributed by atoms with van der Waals surface area (Å²) in [5.74, 6) is -2.25. The number of Topliss-reactive ketones (excluding diaryl/α,β-unsaturated/α-hetero) is 1. The standard InChI is InChI=1S/C16H20F2N2O2.ClH/c1-16(9-19)6-7-20(10-16)15(22)5-4-14(21)12-3-2-11(17)8-13(12)18;/h2-3,8H,4-7,9-10,19H2,1H3;1H. The fourth-order valence-corrected chi connectivity index (χ4v) is 2.63. The molecule has 1 fully saturated rings. The van der Waals surface area contributed by atoms with Crippen LogP contribution in [-0.4, -0.2) is 36.2 Å². The summed E-state index contributed by atoms with van der Waals surface area (Å²) in [4.78, 5) is 25.7. The quantitative estimate of drug-likeness (QED) is 0.833. The molecule has 1 aliphatic heterocycles. The summed E-state index contributed by atoms with van der Waals surface area (Å²) >= 11 is 0. The van der Waals surface area contributed by atoms with Crippen LogP contribution in [0, 0.1) is 17.0 Å². The molecule has 0 saturated carbocycles. The molecule has 1 atom stereocenters. The minimum Gasteiger partial charge on any atom is -0.342 e. The summed E-state index contributed by atoms with van der Waals surface area (Å²) in [6.07, 6.45) is 0.781. The lowest BCUT2D eigenvalue weighted by molar-refractivity contribution is -0.130. The highest BCUT2D eigenvalue weighted by atomic mass is 35.5. The molecule has 128 valence electrons. The van der Waals surface area contributed by atoms with Gasteiger partial charge in [0.15, 0.2) is 5.78 Å². The largest absolute Gasteiger partial charge is 0.342 e. The van der Waals surface area contributed by atoms with Crippen molar-refractivity contribution in [1.29, 1.82) is 0 Å². The van der Waals surface area contributed by atoms with Crippen LogP contribution in [0.2, 0.25) is 0 Å². The highest BCUT2D eigenvalue weighted by Gasteiger charge is 2.34. The number of benzene rings is 1. The number of halogens is 3. The lowest BCUT2D eigenvalue weighted by atomic mass is 9.90. The van der Waals surface area contributed by atoms with Crippen LogP contribution in [0.5, 0.6) is 0 Å². The van der Waals surface area contributed by atoms with Crippen LogP contribution < -0.4 is 5.73 Å². The molecule has 1 saturated heterocycles. The molecule has 1 aliphatic rings. The van der Waals surface area contributed by atoms with E-state index in [9.17, 15) is 18.4 Å². The van der Waals surface area contributed by atoms with Crippen molar-refractivity contribution in [1.82, 2.24) is 4.90 Å². The molecule has 7 heteroatoms. The number of carbonyl (C=O) groups excluding carboxylic acids is 2. The average molecular weight is 347 g/mol. The van der Waals surface area contributed by atoms with Crippen molar-refractivity contribution in [2.45, 2.75) is 26.2 Å². The minimum absolute atomic E-state index is 0. The van der Waals surface area contributed by atoms with Gasteiger partial charge in [-0.05, 0) is 30.5 Å². The lowest BCUT2D eigenvalue weighted by Gasteiger charge is -2.22. The molecule has 4 nitrogen and oxygen atoms in total. The topological polar surface area (TPSA) is 63.4 Å². The van der Waals surface area contributed by atoms with Crippen LogP contribution in [0.15, 0.2) is 18.2 Å². The third-order valence-corrected chi connectivity index (χ3v) is 4.20.